The second-order valence-corrected chi connectivity index (χ2v) is 5.86. The molecule has 0 bridgehead atoms. The minimum Gasteiger partial charge on any atom is -0.306 e. The number of hydrogen-bond acceptors (Lipinski definition) is 1. The molecule has 3 heteroatoms. The van der Waals surface area contributed by atoms with E-state index in [-0.39, 0.29) is 11.9 Å². The van der Waals surface area contributed by atoms with Crippen molar-refractivity contribution < 1.29 is 4.39 Å². The SMILES string of the molecule is CCNC(c1cc(Br)ccc1F)c1cccc(C)c1C. The molecule has 0 amide bonds. The van der Waals surface area contributed by atoms with E-state index in [0.717, 1.165) is 16.6 Å². The molecule has 0 aliphatic heterocycles. The van der Waals surface area contributed by atoms with Gasteiger partial charge in [-0.15, -0.1) is 0 Å². The Morgan fingerprint density at radius 1 is 1.15 bits per heavy atom. The van der Waals surface area contributed by atoms with E-state index in [4.69, 9.17) is 0 Å². The van der Waals surface area contributed by atoms with Gasteiger partial charge in [-0.05, 0) is 55.3 Å². The normalized spacial score (nSPS) is 12.4. The summed E-state index contributed by atoms with van der Waals surface area (Å²) in [7, 11) is 0. The molecule has 2 aromatic rings. The van der Waals surface area contributed by atoms with E-state index in [1.54, 1.807) is 6.07 Å². The van der Waals surface area contributed by atoms with E-state index in [1.165, 1.54) is 17.2 Å². The van der Waals surface area contributed by atoms with Gasteiger partial charge in [0.1, 0.15) is 5.82 Å². The molecule has 0 fully saturated rings. The maximum atomic E-state index is 14.2. The van der Waals surface area contributed by atoms with Gasteiger partial charge in [0.05, 0.1) is 6.04 Å². The van der Waals surface area contributed by atoms with Gasteiger partial charge in [-0.3, -0.25) is 0 Å². The summed E-state index contributed by atoms with van der Waals surface area (Å²) in [6, 6.07) is 11.1. The lowest BCUT2D eigenvalue weighted by atomic mass is 9.92. The number of benzene rings is 2. The molecule has 1 unspecified atom stereocenters. The maximum Gasteiger partial charge on any atom is 0.128 e. The Labute approximate surface area is 128 Å². The average Bonchev–Trinajstić information content (AvgIpc) is 2.43. The van der Waals surface area contributed by atoms with Crippen LogP contribution >= 0.6 is 15.9 Å². The van der Waals surface area contributed by atoms with Gasteiger partial charge in [-0.25, -0.2) is 4.39 Å². The van der Waals surface area contributed by atoms with Crippen molar-refractivity contribution in [3.8, 4) is 0 Å². The first-order valence-corrected chi connectivity index (χ1v) is 7.58. The Morgan fingerprint density at radius 2 is 1.90 bits per heavy atom. The third-order valence-corrected chi connectivity index (χ3v) is 4.13. The van der Waals surface area contributed by atoms with Crippen molar-refractivity contribution in [2.24, 2.45) is 0 Å². The summed E-state index contributed by atoms with van der Waals surface area (Å²) in [6.45, 7) is 6.99. The largest absolute Gasteiger partial charge is 0.306 e. The fourth-order valence-electron chi connectivity index (χ4n) is 2.41. The molecule has 20 heavy (non-hydrogen) atoms. The highest BCUT2D eigenvalue weighted by atomic mass is 79.9. The molecule has 2 aromatic carbocycles. The predicted molar refractivity (Wildman–Crippen MR) is 85.5 cm³/mol. The van der Waals surface area contributed by atoms with Gasteiger partial charge in [0.25, 0.3) is 0 Å². The van der Waals surface area contributed by atoms with E-state index in [1.807, 2.05) is 19.1 Å². The van der Waals surface area contributed by atoms with Crippen LogP contribution in [0.4, 0.5) is 4.39 Å². The zero-order valence-electron chi connectivity index (χ0n) is 12.0. The molecule has 0 aliphatic rings. The number of aryl methyl sites for hydroxylation is 1. The molecule has 1 nitrogen and oxygen atoms in total. The monoisotopic (exact) mass is 335 g/mol. The molecular formula is C17H19BrFN. The second-order valence-electron chi connectivity index (χ2n) is 4.95. The Balaban J connectivity index is 2.56. The zero-order valence-corrected chi connectivity index (χ0v) is 13.6. The average molecular weight is 336 g/mol. The van der Waals surface area contributed by atoms with Crippen LogP contribution in [0.15, 0.2) is 40.9 Å². The third kappa shape index (κ3) is 3.10. The molecule has 2 rings (SSSR count). The van der Waals surface area contributed by atoms with Crippen molar-refractivity contribution in [2.45, 2.75) is 26.8 Å². The van der Waals surface area contributed by atoms with E-state index >= 15 is 0 Å². The molecule has 106 valence electrons. The first-order valence-electron chi connectivity index (χ1n) is 6.79. The molecule has 0 heterocycles. The summed E-state index contributed by atoms with van der Waals surface area (Å²) < 4.78 is 15.1. The molecule has 0 aliphatic carbocycles. The van der Waals surface area contributed by atoms with Crippen LogP contribution in [0.1, 0.15) is 35.2 Å². The summed E-state index contributed by atoms with van der Waals surface area (Å²) in [5, 5.41) is 3.39. The van der Waals surface area contributed by atoms with E-state index in [0.29, 0.717) is 5.56 Å². The molecular weight excluding hydrogens is 317 g/mol. The van der Waals surface area contributed by atoms with E-state index in [9.17, 15) is 4.39 Å². The molecule has 1 atom stereocenters. The van der Waals surface area contributed by atoms with Gasteiger partial charge in [0, 0.05) is 10.0 Å². The molecule has 0 saturated heterocycles. The van der Waals surface area contributed by atoms with Gasteiger partial charge < -0.3 is 5.32 Å². The van der Waals surface area contributed by atoms with E-state index < -0.39 is 0 Å². The summed E-state index contributed by atoms with van der Waals surface area (Å²) in [5.41, 5.74) is 4.23. The fraction of sp³-hybridized carbons (Fsp3) is 0.294. The Hall–Kier alpha value is -1.19. The van der Waals surface area contributed by atoms with Crippen LogP contribution in [0.5, 0.6) is 0 Å². The smallest absolute Gasteiger partial charge is 0.128 e. The predicted octanol–water partition coefficient (Wildman–Crippen LogP) is 4.90. The van der Waals surface area contributed by atoms with Gasteiger partial charge in [-0.2, -0.15) is 0 Å². The van der Waals surface area contributed by atoms with Crippen LogP contribution in [0, 0.1) is 19.7 Å². The lowest BCUT2D eigenvalue weighted by Gasteiger charge is -2.22. The van der Waals surface area contributed by atoms with Crippen molar-refractivity contribution in [3.63, 3.8) is 0 Å². The lowest BCUT2D eigenvalue weighted by Crippen LogP contribution is -2.24. The van der Waals surface area contributed by atoms with E-state index in [2.05, 4.69) is 47.2 Å². The van der Waals surface area contributed by atoms with Crippen molar-refractivity contribution in [3.05, 3.63) is 68.9 Å². The third-order valence-electron chi connectivity index (χ3n) is 3.63. The number of halogens is 2. The standard InChI is InChI=1S/C17H19BrFN/c1-4-20-17(14-7-5-6-11(2)12(14)3)15-10-13(18)8-9-16(15)19/h5-10,17,20H,4H2,1-3H3. The van der Waals surface area contributed by atoms with Crippen molar-refractivity contribution in [1.82, 2.24) is 5.32 Å². The highest BCUT2D eigenvalue weighted by Crippen LogP contribution is 2.30. The van der Waals surface area contributed by atoms with Crippen LogP contribution in [-0.2, 0) is 0 Å². The minimum absolute atomic E-state index is 0.127. The van der Waals surface area contributed by atoms with Crippen molar-refractivity contribution >= 4 is 15.9 Å². The molecule has 0 radical (unpaired) electrons. The van der Waals surface area contributed by atoms with Gasteiger partial charge in [0.15, 0.2) is 0 Å². The molecule has 1 N–H and O–H groups in total. The Morgan fingerprint density at radius 3 is 2.60 bits per heavy atom. The highest BCUT2D eigenvalue weighted by Gasteiger charge is 2.19. The highest BCUT2D eigenvalue weighted by molar-refractivity contribution is 9.10. The Kier molecular flexibility index (Phi) is 4.95. The van der Waals surface area contributed by atoms with Gasteiger partial charge >= 0.3 is 0 Å². The zero-order chi connectivity index (χ0) is 14.7. The van der Waals surface area contributed by atoms with Gasteiger partial charge in [0.2, 0.25) is 0 Å². The quantitative estimate of drug-likeness (QED) is 0.837. The topological polar surface area (TPSA) is 12.0 Å². The summed E-state index contributed by atoms with van der Waals surface area (Å²) >= 11 is 3.43. The summed E-state index contributed by atoms with van der Waals surface area (Å²) in [4.78, 5) is 0. The fourth-order valence-corrected chi connectivity index (χ4v) is 2.79. The second kappa shape index (κ2) is 6.51. The van der Waals surface area contributed by atoms with Crippen LogP contribution < -0.4 is 5.32 Å². The van der Waals surface area contributed by atoms with Gasteiger partial charge in [-0.1, -0.05) is 41.1 Å². The summed E-state index contributed by atoms with van der Waals surface area (Å²) in [6.07, 6.45) is 0. The maximum absolute atomic E-state index is 14.2. The molecule has 0 aromatic heterocycles. The Bertz CT molecular complexity index is 608. The van der Waals surface area contributed by atoms with Crippen LogP contribution in [0.25, 0.3) is 0 Å². The number of nitrogens with one attached hydrogen (secondary N) is 1. The molecule has 0 spiro atoms. The van der Waals surface area contributed by atoms with Crippen LogP contribution in [0.3, 0.4) is 0 Å². The number of rotatable bonds is 4. The van der Waals surface area contributed by atoms with Crippen molar-refractivity contribution in [2.75, 3.05) is 6.54 Å². The van der Waals surface area contributed by atoms with Crippen LogP contribution in [-0.4, -0.2) is 6.54 Å². The van der Waals surface area contributed by atoms with Crippen LogP contribution in [0.2, 0.25) is 0 Å². The van der Waals surface area contributed by atoms with Crippen molar-refractivity contribution in [1.29, 1.82) is 0 Å². The first-order chi connectivity index (χ1) is 9.54. The first kappa shape index (κ1) is 15.2. The molecule has 0 saturated carbocycles. The summed E-state index contributed by atoms with van der Waals surface area (Å²) in [5.74, 6) is -0.181. The lowest BCUT2D eigenvalue weighted by molar-refractivity contribution is 0.557. The minimum atomic E-state index is -0.181. The number of hydrogen-bond donors (Lipinski definition) is 1.